The van der Waals surface area contributed by atoms with Crippen molar-refractivity contribution in [2.24, 2.45) is 5.10 Å². The summed E-state index contributed by atoms with van der Waals surface area (Å²) in [4.78, 5) is 11.9. The van der Waals surface area contributed by atoms with Gasteiger partial charge >= 0.3 is 0 Å². The summed E-state index contributed by atoms with van der Waals surface area (Å²) in [7, 11) is 0. The molecule has 2 rings (SSSR count). The Labute approximate surface area is 161 Å². The molecule has 4 nitrogen and oxygen atoms in total. The van der Waals surface area contributed by atoms with E-state index in [9.17, 15) is 4.79 Å². The van der Waals surface area contributed by atoms with Crippen LogP contribution in [0.4, 0.5) is 0 Å². The first kappa shape index (κ1) is 19.5. The van der Waals surface area contributed by atoms with Crippen molar-refractivity contribution in [3.05, 3.63) is 63.1 Å². The Hall–Kier alpha value is -1.85. The maximum absolute atomic E-state index is 11.9. The summed E-state index contributed by atoms with van der Waals surface area (Å²) in [6.45, 7) is 6.01. The van der Waals surface area contributed by atoms with Crippen LogP contribution in [0.5, 0.6) is 5.75 Å². The average Bonchev–Trinajstić information content (AvgIpc) is 2.59. The first-order valence-corrected chi connectivity index (χ1v) is 9.05. The van der Waals surface area contributed by atoms with Crippen LogP contribution in [-0.4, -0.2) is 18.2 Å². The van der Waals surface area contributed by atoms with Gasteiger partial charge in [-0.2, -0.15) is 5.10 Å². The molecule has 0 unspecified atom stereocenters. The van der Waals surface area contributed by atoms with Crippen LogP contribution in [0.1, 0.15) is 37.8 Å². The molecular formula is C19H20BrClN2O2. The van der Waals surface area contributed by atoms with Gasteiger partial charge in [-0.3, -0.25) is 4.79 Å². The second-order valence-electron chi connectivity index (χ2n) is 5.87. The van der Waals surface area contributed by atoms with E-state index in [1.54, 1.807) is 18.2 Å². The Kier molecular flexibility index (Phi) is 7.02. The highest BCUT2D eigenvalue weighted by atomic mass is 79.9. The molecule has 0 heterocycles. The molecule has 25 heavy (non-hydrogen) atoms. The third-order valence-corrected chi connectivity index (χ3v) is 4.45. The molecule has 0 fully saturated rings. The quantitative estimate of drug-likeness (QED) is 0.516. The standard InChI is InChI=1S/C19H20BrClN2O2/c1-12(2)14-4-6-15(7-5-14)13(3)22-23-19(24)11-25-18-9-8-16(21)10-17(18)20/h4-10,12H,11H2,1-3H3,(H,23,24)/b22-13-. The first-order valence-electron chi connectivity index (χ1n) is 7.88. The normalized spacial score (nSPS) is 11.5. The van der Waals surface area contributed by atoms with E-state index in [4.69, 9.17) is 16.3 Å². The van der Waals surface area contributed by atoms with Gasteiger partial charge in [0, 0.05) is 5.02 Å². The van der Waals surface area contributed by atoms with Gasteiger partial charge in [0.1, 0.15) is 5.75 Å². The van der Waals surface area contributed by atoms with E-state index in [2.05, 4.69) is 52.4 Å². The molecule has 6 heteroatoms. The molecular weight excluding hydrogens is 404 g/mol. The van der Waals surface area contributed by atoms with Crippen LogP contribution >= 0.6 is 27.5 Å². The highest BCUT2D eigenvalue weighted by molar-refractivity contribution is 9.10. The number of hydrogen-bond donors (Lipinski definition) is 1. The fraction of sp³-hybridized carbons (Fsp3) is 0.263. The van der Waals surface area contributed by atoms with Crippen molar-refractivity contribution in [3.8, 4) is 5.75 Å². The molecule has 0 atom stereocenters. The molecule has 0 bridgehead atoms. The Morgan fingerprint density at radius 3 is 2.52 bits per heavy atom. The van der Waals surface area contributed by atoms with Crippen LogP contribution in [0.3, 0.4) is 0 Å². The van der Waals surface area contributed by atoms with Gasteiger partial charge in [0.2, 0.25) is 0 Å². The van der Waals surface area contributed by atoms with Crippen LogP contribution in [0.25, 0.3) is 0 Å². The molecule has 1 amide bonds. The highest BCUT2D eigenvalue weighted by Gasteiger charge is 2.06. The molecule has 132 valence electrons. The topological polar surface area (TPSA) is 50.7 Å². The van der Waals surface area contributed by atoms with Gasteiger partial charge in [0.15, 0.2) is 6.61 Å². The molecule has 2 aromatic rings. The summed E-state index contributed by atoms with van der Waals surface area (Å²) < 4.78 is 6.14. The molecule has 1 N–H and O–H groups in total. The van der Waals surface area contributed by atoms with Crippen molar-refractivity contribution < 1.29 is 9.53 Å². The van der Waals surface area contributed by atoms with Gasteiger partial charge in [0.25, 0.3) is 5.91 Å². The maximum atomic E-state index is 11.9. The minimum absolute atomic E-state index is 0.136. The van der Waals surface area contributed by atoms with Crippen molar-refractivity contribution in [2.75, 3.05) is 6.61 Å². The summed E-state index contributed by atoms with van der Waals surface area (Å²) in [6, 6.07) is 13.2. The highest BCUT2D eigenvalue weighted by Crippen LogP contribution is 2.27. The Morgan fingerprint density at radius 1 is 1.24 bits per heavy atom. The molecule has 0 saturated carbocycles. The minimum Gasteiger partial charge on any atom is -0.483 e. The van der Waals surface area contributed by atoms with Crippen molar-refractivity contribution >= 4 is 39.1 Å². The second-order valence-corrected chi connectivity index (χ2v) is 7.16. The van der Waals surface area contributed by atoms with E-state index in [1.807, 2.05) is 19.1 Å². The fourth-order valence-electron chi connectivity index (χ4n) is 2.09. The number of halogens is 2. The third kappa shape index (κ3) is 5.87. The zero-order valence-corrected chi connectivity index (χ0v) is 16.7. The number of carbonyl (C=O) groups excluding carboxylic acids is 1. The van der Waals surface area contributed by atoms with Gasteiger partial charge in [-0.15, -0.1) is 0 Å². The van der Waals surface area contributed by atoms with E-state index in [0.717, 1.165) is 11.3 Å². The molecule has 0 aliphatic heterocycles. The van der Waals surface area contributed by atoms with Gasteiger partial charge < -0.3 is 4.74 Å². The van der Waals surface area contributed by atoms with Crippen LogP contribution in [0.15, 0.2) is 52.0 Å². The molecule has 0 radical (unpaired) electrons. The van der Waals surface area contributed by atoms with Crippen LogP contribution in [0, 0.1) is 0 Å². The Morgan fingerprint density at radius 2 is 1.92 bits per heavy atom. The van der Waals surface area contributed by atoms with Crippen LogP contribution in [0.2, 0.25) is 5.02 Å². The van der Waals surface area contributed by atoms with Crippen LogP contribution in [-0.2, 0) is 4.79 Å². The number of hydrazone groups is 1. The number of carbonyl (C=O) groups is 1. The smallest absolute Gasteiger partial charge is 0.277 e. The molecule has 0 aliphatic rings. The van der Waals surface area contributed by atoms with Gasteiger partial charge in [0.05, 0.1) is 10.2 Å². The van der Waals surface area contributed by atoms with Crippen molar-refractivity contribution in [3.63, 3.8) is 0 Å². The lowest BCUT2D eigenvalue weighted by molar-refractivity contribution is -0.123. The summed E-state index contributed by atoms with van der Waals surface area (Å²) >= 11 is 9.20. The summed E-state index contributed by atoms with van der Waals surface area (Å²) in [5.41, 5.74) is 5.46. The van der Waals surface area contributed by atoms with E-state index in [-0.39, 0.29) is 12.5 Å². The van der Waals surface area contributed by atoms with E-state index in [0.29, 0.717) is 21.2 Å². The lowest BCUT2D eigenvalue weighted by atomic mass is 10.0. The second kappa shape index (κ2) is 9.02. The Balaban J connectivity index is 1.90. The molecule has 2 aromatic carbocycles. The molecule has 0 spiro atoms. The van der Waals surface area contributed by atoms with Crippen LogP contribution < -0.4 is 10.2 Å². The molecule has 0 aliphatic carbocycles. The SMILES string of the molecule is C/C(=N/NC(=O)COc1ccc(Cl)cc1Br)c1ccc(C(C)C)cc1. The maximum Gasteiger partial charge on any atom is 0.277 e. The lowest BCUT2D eigenvalue weighted by Gasteiger charge is -2.08. The number of nitrogens with one attached hydrogen (secondary N) is 1. The number of nitrogens with zero attached hydrogens (tertiary/aromatic N) is 1. The zero-order valence-electron chi connectivity index (χ0n) is 14.3. The average molecular weight is 424 g/mol. The number of amides is 1. The molecule has 0 saturated heterocycles. The van der Waals surface area contributed by atoms with E-state index < -0.39 is 0 Å². The first-order chi connectivity index (χ1) is 11.9. The number of hydrogen-bond acceptors (Lipinski definition) is 3. The monoisotopic (exact) mass is 422 g/mol. The van der Waals surface area contributed by atoms with Crippen molar-refractivity contribution in [2.45, 2.75) is 26.7 Å². The van der Waals surface area contributed by atoms with E-state index >= 15 is 0 Å². The summed E-state index contributed by atoms with van der Waals surface area (Å²) in [5, 5.41) is 4.71. The van der Waals surface area contributed by atoms with Crippen molar-refractivity contribution in [1.29, 1.82) is 0 Å². The summed E-state index contributed by atoms with van der Waals surface area (Å²) in [5.74, 6) is 0.694. The number of benzene rings is 2. The van der Waals surface area contributed by atoms with E-state index in [1.165, 1.54) is 5.56 Å². The summed E-state index contributed by atoms with van der Waals surface area (Å²) in [6.07, 6.45) is 0. The zero-order chi connectivity index (χ0) is 18.4. The van der Waals surface area contributed by atoms with Gasteiger partial charge in [-0.05, 0) is 58.1 Å². The largest absolute Gasteiger partial charge is 0.483 e. The third-order valence-electron chi connectivity index (χ3n) is 3.60. The predicted octanol–water partition coefficient (Wildman–Crippen LogP) is 5.15. The molecule has 0 aromatic heterocycles. The minimum atomic E-state index is -0.333. The Bertz CT molecular complexity index is 773. The fourth-order valence-corrected chi connectivity index (χ4v) is 2.88. The predicted molar refractivity (Wildman–Crippen MR) is 106 cm³/mol. The number of rotatable bonds is 6. The van der Waals surface area contributed by atoms with Gasteiger partial charge in [-0.1, -0.05) is 49.7 Å². The lowest BCUT2D eigenvalue weighted by Crippen LogP contribution is -2.25. The van der Waals surface area contributed by atoms with Gasteiger partial charge in [-0.25, -0.2) is 5.43 Å². The van der Waals surface area contributed by atoms with Crippen molar-refractivity contribution in [1.82, 2.24) is 5.43 Å². The number of ether oxygens (including phenoxy) is 1.